The van der Waals surface area contributed by atoms with E-state index >= 15 is 0 Å². The van der Waals surface area contributed by atoms with Crippen LogP contribution in [0.5, 0.6) is 0 Å². The number of benzene rings is 1. The molecule has 0 aliphatic carbocycles. The highest BCUT2D eigenvalue weighted by Crippen LogP contribution is 2.36. The average molecular weight is 354 g/mol. The quantitative estimate of drug-likeness (QED) is 0.793. The van der Waals surface area contributed by atoms with Crippen molar-refractivity contribution in [2.75, 3.05) is 20.3 Å². The summed E-state index contributed by atoms with van der Waals surface area (Å²) in [6, 6.07) is 9.58. The van der Waals surface area contributed by atoms with Crippen LogP contribution in [0.3, 0.4) is 0 Å². The molecular formula is C21H26N2O3. The number of rotatable bonds is 3. The van der Waals surface area contributed by atoms with E-state index in [-0.39, 0.29) is 12.1 Å². The molecule has 3 fully saturated rings. The molecule has 138 valence electrons. The first kappa shape index (κ1) is 16.3. The fourth-order valence-electron chi connectivity index (χ4n) is 5.08. The smallest absolute Gasteiger partial charge is 0.340 e. The minimum atomic E-state index is -0.173. The number of esters is 1. The molecule has 5 heteroatoms. The highest BCUT2D eigenvalue weighted by atomic mass is 16.5. The van der Waals surface area contributed by atoms with Crippen molar-refractivity contribution in [3.05, 3.63) is 36.0 Å². The Morgan fingerprint density at radius 3 is 2.62 bits per heavy atom. The SMILES string of the molecule is CN1C2CCC1CC(OC(=O)c1cn([C@H]3CCOC3)c3ccccc13)C2. The van der Waals surface area contributed by atoms with Crippen LogP contribution in [0.1, 0.15) is 48.5 Å². The number of hydrogen-bond donors (Lipinski definition) is 0. The summed E-state index contributed by atoms with van der Waals surface area (Å²) in [7, 11) is 2.21. The van der Waals surface area contributed by atoms with Gasteiger partial charge in [0.2, 0.25) is 0 Å². The molecule has 2 unspecified atom stereocenters. The molecule has 2 bridgehead atoms. The van der Waals surface area contributed by atoms with E-state index in [1.54, 1.807) is 0 Å². The van der Waals surface area contributed by atoms with Crippen LogP contribution in [0.25, 0.3) is 10.9 Å². The van der Waals surface area contributed by atoms with E-state index in [1.165, 1.54) is 12.8 Å². The van der Waals surface area contributed by atoms with Gasteiger partial charge in [0.15, 0.2) is 0 Å². The number of fused-ring (bicyclic) bond motifs is 3. The lowest BCUT2D eigenvalue weighted by atomic mass is 10.0. The molecule has 1 aromatic carbocycles. The summed E-state index contributed by atoms with van der Waals surface area (Å²) in [4.78, 5) is 15.5. The molecule has 0 saturated carbocycles. The van der Waals surface area contributed by atoms with Gasteiger partial charge in [0, 0.05) is 48.6 Å². The van der Waals surface area contributed by atoms with E-state index < -0.39 is 0 Å². The molecule has 5 nitrogen and oxygen atoms in total. The minimum absolute atomic E-state index is 0.0492. The minimum Gasteiger partial charge on any atom is -0.459 e. The fourth-order valence-corrected chi connectivity index (χ4v) is 5.08. The second kappa shape index (κ2) is 6.39. The highest BCUT2D eigenvalue weighted by molar-refractivity contribution is 6.04. The zero-order valence-corrected chi connectivity index (χ0v) is 15.3. The lowest BCUT2D eigenvalue weighted by Gasteiger charge is -2.35. The van der Waals surface area contributed by atoms with Gasteiger partial charge in [-0.3, -0.25) is 0 Å². The zero-order valence-electron chi connectivity index (χ0n) is 15.3. The third kappa shape index (κ3) is 2.65. The van der Waals surface area contributed by atoms with Gasteiger partial charge < -0.3 is 18.9 Å². The van der Waals surface area contributed by atoms with Crippen molar-refractivity contribution >= 4 is 16.9 Å². The van der Waals surface area contributed by atoms with Gasteiger partial charge in [-0.2, -0.15) is 0 Å². The lowest BCUT2D eigenvalue weighted by molar-refractivity contribution is -0.000291. The van der Waals surface area contributed by atoms with E-state index in [4.69, 9.17) is 9.47 Å². The van der Waals surface area contributed by atoms with Gasteiger partial charge in [0.1, 0.15) is 6.10 Å². The second-order valence-corrected chi connectivity index (χ2v) is 8.03. The third-order valence-electron chi connectivity index (χ3n) is 6.59. The maximum absolute atomic E-state index is 13.0. The van der Waals surface area contributed by atoms with Crippen LogP contribution in [-0.2, 0) is 9.47 Å². The molecular weight excluding hydrogens is 328 g/mol. The number of carbonyl (C=O) groups excluding carboxylic acids is 1. The standard InChI is InChI=1S/C21H26N2O3/c1-22-14-6-7-15(22)11-17(10-14)26-21(24)19-12-23(16-8-9-25-13-16)20-5-3-2-4-18(19)20/h2-5,12,14-17H,6-11,13H2,1H3/t14?,15?,16-,17?/m0/s1. The lowest BCUT2D eigenvalue weighted by Crippen LogP contribution is -2.43. The highest BCUT2D eigenvalue weighted by Gasteiger charge is 2.40. The summed E-state index contributed by atoms with van der Waals surface area (Å²) in [5, 5.41) is 0.986. The van der Waals surface area contributed by atoms with Crippen LogP contribution in [0.4, 0.5) is 0 Å². The Morgan fingerprint density at radius 1 is 1.12 bits per heavy atom. The van der Waals surface area contributed by atoms with Gasteiger partial charge in [0.25, 0.3) is 0 Å². The molecule has 5 rings (SSSR count). The van der Waals surface area contributed by atoms with E-state index in [2.05, 4.69) is 22.6 Å². The van der Waals surface area contributed by atoms with E-state index in [1.807, 2.05) is 24.4 Å². The summed E-state index contributed by atoms with van der Waals surface area (Å²) in [6.45, 7) is 1.50. The van der Waals surface area contributed by atoms with Gasteiger partial charge in [-0.15, -0.1) is 0 Å². The van der Waals surface area contributed by atoms with Gasteiger partial charge in [0.05, 0.1) is 18.2 Å². The largest absolute Gasteiger partial charge is 0.459 e. The van der Waals surface area contributed by atoms with Gasteiger partial charge >= 0.3 is 5.97 Å². The van der Waals surface area contributed by atoms with Crippen LogP contribution >= 0.6 is 0 Å². The molecule has 2 aromatic rings. The molecule has 4 heterocycles. The zero-order chi connectivity index (χ0) is 17.7. The summed E-state index contributed by atoms with van der Waals surface area (Å²) < 4.78 is 13.7. The molecule has 0 radical (unpaired) electrons. The van der Waals surface area contributed by atoms with Crippen molar-refractivity contribution in [3.63, 3.8) is 0 Å². The molecule has 0 amide bonds. The van der Waals surface area contributed by atoms with Crippen LogP contribution in [0.15, 0.2) is 30.5 Å². The molecule has 26 heavy (non-hydrogen) atoms. The predicted octanol–water partition coefficient (Wildman–Crippen LogP) is 3.38. The van der Waals surface area contributed by atoms with Crippen molar-refractivity contribution in [3.8, 4) is 0 Å². The number of aromatic nitrogens is 1. The van der Waals surface area contributed by atoms with Crippen molar-refractivity contribution in [2.24, 2.45) is 0 Å². The topological polar surface area (TPSA) is 43.7 Å². The number of para-hydroxylation sites is 1. The van der Waals surface area contributed by atoms with Crippen LogP contribution in [0.2, 0.25) is 0 Å². The predicted molar refractivity (Wildman–Crippen MR) is 99.4 cm³/mol. The average Bonchev–Trinajstić information content (AvgIpc) is 3.33. The summed E-state index contributed by atoms with van der Waals surface area (Å²) >= 11 is 0. The number of carbonyl (C=O) groups is 1. The normalized spacial score (nSPS) is 31.6. The van der Waals surface area contributed by atoms with E-state index in [0.717, 1.165) is 36.8 Å². The van der Waals surface area contributed by atoms with Gasteiger partial charge in [-0.05, 0) is 32.4 Å². The van der Waals surface area contributed by atoms with Crippen LogP contribution < -0.4 is 0 Å². The van der Waals surface area contributed by atoms with Crippen molar-refractivity contribution in [1.82, 2.24) is 9.47 Å². The Kier molecular flexibility index (Phi) is 4.02. The second-order valence-electron chi connectivity index (χ2n) is 8.03. The summed E-state index contributed by atoms with van der Waals surface area (Å²) in [6.07, 6.45) is 7.42. The Bertz CT molecular complexity index is 810. The molecule has 1 aromatic heterocycles. The van der Waals surface area contributed by atoms with Gasteiger partial charge in [-0.25, -0.2) is 4.79 Å². The maximum Gasteiger partial charge on any atom is 0.340 e. The first-order chi connectivity index (χ1) is 12.7. The van der Waals surface area contributed by atoms with E-state index in [9.17, 15) is 4.79 Å². The van der Waals surface area contributed by atoms with E-state index in [0.29, 0.717) is 30.3 Å². The fraction of sp³-hybridized carbons (Fsp3) is 0.571. The molecule has 3 aliphatic rings. The summed E-state index contributed by atoms with van der Waals surface area (Å²) in [5.41, 5.74) is 1.79. The molecule has 0 spiro atoms. The number of nitrogens with zero attached hydrogens (tertiary/aromatic N) is 2. The van der Waals surface area contributed by atoms with Crippen molar-refractivity contribution in [1.29, 1.82) is 0 Å². The Hall–Kier alpha value is -1.85. The van der Waals surface area contributed by atoms with Crippen molar-refractivity contribution in [2.45, 2.75) is 56.3 Å². The summed E-state index contributed by atoms with van der Waals surface area (Å²) in [5.74, 6) is -0.173. The van der Waals surface area contributed by atoms with Crippen LogP contribution in [-0.4, -0.2) is 53.9 Å². The monoisotopic (exact) mass is 354 g/mol. The number of ether oxygens (including phenoxy) is 2. The number of hydrogen-bond acceptors (Lipinski definition) is 4. The maximum atomic E-state index is 13.0. The Morgan fingerprint density at radius 2 is 1.88 bits per heavy atom. The third-order valence-corrected chi connectivity index (χ3v) is 6.59. The first-order valence-electron chi connectivity index (χ1n) is 9.81. The molecule has 3 saturated heterocycles. The van der Waals surface area contributed by atoms with Crippen LogP contribution in [0, 0.1) is 0 Å². The first-order valence-corrected chi connectivity index (χ1v) is 9.81. The van der Waals surface area contributed by atoms with Crippen molar-refractivity contribution < 1.29 is 14.3 Å². The molecule has 3 aliphatic heterocycles. The Labute approximate surface area is 153 Å². The molecule has 0 N–H and O–H groups in total. The molecule has 3 atom stereocenters. The van der Waals surface area contributed by atoms with Gasteiger partial charge in [-0.1, -0.05) is 18.2 Å². The number of piperidine rings is 1. The Balaban J connectivity index is 1.41.